The zero-order valence-electron chi connectivity index (χ0n) is 23.7. The van der Waals surface area contributed by atoms with E-state index in [1.54, 1.807) is 44.4 Å². The highest BCUT2D eigenvalue weighted by Crippen LogP contribution is 2.32. The second kappa shape index (κ2) is 11.9. The maximum Gasteiger partial charge on any atom is 0.338 e. The van der Waals surface area contributed by atoms with Gasteiger partial charge in [-0.05, 0) is 64.7 Å². The number of thiazole rings is 1. The Labute approximate surface area is 256 Å². The largest absolute Gasteiger partial charge is 0.493 e. The SMILES string of the molecule is COC(=O)C1=C(C)N=c2s/c(=C\c3ccc(OCc4cccc5ccccc45)c(OC)c3)c(=O)n2[C@@H]1c1ccc(Cl)cc1. The van der Waals surface area contributed by atoms with Gasteiger partial charge in [0, 0.05) is 5.02 Å². The second-order valence-electron chi connectivity index (χ2n) is 9.96. The lowest BCUT2D eigenvalue weighted by Crippen LogP contribution is -2.39. The van der Waals surface area contributed by atoms with E-state index in [9.17, 15) is 9.59 Å². The van der Waals surface area contributed by atoms with Crippen LogP contribution in [0.5, 0.6) is 11.5 Å². The first-order valence-corrected chi connectivity index (χ1v) is 14.7. The molecule has 6 rings (SSSR count). The van der Waals surface area contributed by atoms with Crippen molar-refractivity contribution in [3.05, 3.63) is 138 Å². The fourth-order valence-corrected chi connectivity index (χ4v) is 6.44. The van der Waals surface area contributed by atoms with E-state index in [1.807, 2.05) is 42.5 Å². The summed E-state index contributed by atoms with van der Waals surface area (Å²) in [5, 5.41) is 2.84. The summed E-state index contributed by atoms with van der Waals surface area (Å²) in [7, 11) is 2.90. The monoisotopic (exact) mass is 610 g/mol. The van der Waals surface area contributed by atoms with Crippen molar-refractivity contribution in [2.45, 2.75) is 19.6 Å². The molecule has 0 fully saturated rings. The first-order chi connectivity index (χ1) is 20.9. The number of nitrogens with zero attached hydrogens (tertiary/aromatic N) is 2. The van der Waals surface area contributed by atoms with Crippen LogP contribution in [0.4, 0.5) is 0 Å². The van der Waals surface area contributed by atoms with Gasteiger partial charge < -0.3 is 14.2 Å². The first-order valence-electron chi connectivity index (χ1n) is 13.5. The first kappa shape index (κ1) is 28.5. The summed E-state index contributed by atoms with van der Waals surface area (Å²) in [6, 6.07) is 26.2. The van der Waals surface area contributed by atoms with Gasteiger partial charge in [-0.3, -0.25) is 9.36 Å². The van der Waals surface area contributed by atoms with Crippen LogP contribution in [0, 0.1) is 0 Å². The fraction of sp³-hybridized carbons (Fsp3) is 0.147. The third-order valence-electron chi connectivity index (χ3n) is 7.36. The Hall–Kier alpha value is -4.66. The lowest BCUT2D eigenvalue weighted by Gasteiger charge is -2.24. The third kappa shape index (κ3) is 5.47. The normalized spacial score (nSPS) is 14.8. The number of esters is 1. The number of fused-ring (bicyclic) bond motifs is 2. The molecule has 0 unspecified atom stereocenters. The van der Waals surface area contributed by atoms with Crippen LogP contribution in [0.25, 0.3) is 16.8 Å². The van der Waals surface area contributed by atoms with Crippen molar-refractivity contribution in [3.8, 4) is 11.5 Å². The smallest absolute Gasteiger partial charge is 0.338 e. The van der Waals surface area contributed by atoms with Crippen LogP contribution < -0.4 is 24.4 Å². The minimum absolute atomic E-state index is 0.271. The molecule has 0 amide bonds. The molecule has 5 aromatic rings. The number of hydrogen-bond acceptors (Lipinski definition) is 7. The van der Waals surface area contributed by atoms with Crippen molar-refractivity contribution >= 4 is 45.8 Å². The Morgan fingerprint density at radius 1 is 1.00 bits per heavy atom. The van der Waals surface area contributed by atoms with E-state index >= 15 is 0 Å². The molecule has 0 saturated carbocycles. The van der Waals surface area contributed by atoms with Gasteiger partial charge in [0.05, 0.1) is 36.1 Å². The molecular weight excluding hydrogens is 584 g/mol. The van der Waals surface area contributed by atoms with Gasteiger partial charge >= 0.3 is 5.97 Å². The van der Waals surface area contributed by atoms with Gasteiger partial charge in [0.2, 0.25) is 0 Å². The lowest BCUT2D eigenvalue weighted by molar-refractivity contribution is -0.136. The molecule has 1 atom stereocenters. The highest BCUT2D eigenvalue weighted by Gasteiger charge is 2.33. The number of halogens is 1. The molecule has 9 heteroatoms. The molecule has 216 valence electrons. The molecule has 1 aliphatic rings. The molecule has 0 radical (unpaired) electrons. The third-order valence-corrected chi connectivity index (χ3v) is 8.60. The van der Waals surface area contributed by atoms with E-state index in [1.165, 1.54) is 23.0 Å². The lowest BCUT2D eigenvalue weighted by atomic mass is 9.96. The summed E-state index contributed by atoms with van der Waals surface area (Å²) in [5.74, 6) is 0.596. The van der Waals surface area contributed by atoms with Gasteiger partial charge in [0.25, 0.3) is 5.56 Å². The van der Waals surface area contributed by atoms with Gasteiger partial charge in [-0.25, -0.2) is 9.79 Å². The molecule has 4 aromatic carbocycles. The van der Waals surface area contributed by atoms with E-state index < -0.39 is 12.0 Å². The van der Waals surface area contributed by atoms with E-state index in [4.69, 9.17) is 25.8 Å². The van der Waals surface area contributed by atoms with E-state index in [0.29, 0.717) is 43.7 Å². The maximum absolute atomic E-state index is 13.8. The van der Waals surface area contributed by atoms with Gasteiger partial charge in [0.15, 0.2) is 16.3 Å². The Morgan fingerprint density at radius 3 is 2.53 bits per heavy atom. The summed E-state index contributed by atoms with van der Waals surface area (Å²) >= 11 is 7.38. The van der Waals surface area contributed by atoms with Gasteiger partial charge in [-0.1, -0.05) is 83.6 Å². The molecule has 0 aliphatic carbocycles. The van der Waals surface area contributed by atoms with Gasteiger partial charge in [-0.15, -0.1) is 0 Å². The summed E-state index contributed by atoms with van der Waals surface area (Å²) in [5.41, 5.74) is 3.08. The minimum Gasteiger partial charge on any atom is -0.493 e. The van der Waals surface area contributed by atoms with Crippen molar-refractivity contribution in [2.75, 3.05) is 14.2 Å². The van der Waals surface area contributed by atoms with Crippen molar-refractivity contribution in [1.82, 2.24) is 4.57 Å². The average molecular weight is 611 g/mol. The Kier molecular flexibility index (Phi) is 7.88. The summed E-state index contributed by atoms with van der Waals surface area (Å²) in [6.07, 6.45) is 1.79. The van der Waals surface area contributed by atoms with Gasteiger partial charge in [0.1, 0.15) is 6.61 Å². The number of rotatable bonds is 7. The number of benzene rings is 4. The zero-order valence-corrected chi connectivity index (χ0v) is 25.2. The number of ether oxygens (including phenoxy) is 3. The van der Waals surface area contributed by atoms with E-state index in [0.717, 1.165) is 27.5 Å². The van der Waals surface area contributed by atoms with E-state index in [2.05, 4.69) is 23.2 Å². The Morgan fingerprint density at radius 2 is 1.77 bits per heavy atom. The minimum atomic E-state index is -0.706. The Balaban J connectivity index is 1.36. The standard InChI is InChI=1S/C34H27ClN2O5S/c1-20-30(33(39)41-3)31(23-12-14-25(35)15-13-23)37-32(38)29(43-34(37)36-20)18-21-11-16-27(28(17-21)40-2)42-19-24-9-6-8-22-7-4-5-10-26(22)24/h4-18,31H,19H2,1-3H3/b29-18-/t31-/m1/s1. The number of carbonyl (C=O) groups is 1. The topological polar surface area (TPSA) is 79.1 Å². The van der Waals surface area contributed by atoms with Crippen LogP contribution in [0.3, 0.4) is 0 Å². The van der Waals surface area contributed by atoms with Crippen molar-refractivity contribution < 1.29 is 19.0 Å². The van der Waals surface area contributed by atoms with Crippen LogP contribution in [-0.2, 0) is 16.1 Å². The van der Waals surface area contributed by atoms with Crippen molar-refractivity contribution in [1.29, 1.82) is 0 Å². The molecule has 0 spiro atoms. The molecule has 1 aromatic heterocycles. The highest BCUT2D eigenvalue weighted by molar-refractivity contribution is 7.07. The zero-order chi connectivity index (χ0) is 30.1. The Bertz CT molecular complexity index is 2070. The number of carbonyl (C=O) groups excluding carboxylic acids is 1. The summed E-state index contributed by atoms with van der Waals surface area (Å²) in [6.45, 7) is 2.12. The quantitative estimate of drug-likeness (QED) is 0.218. The predicted molar refractivity (Wildman–Crippen MR) is 169 cm³/mol. The van der Waals surface area contributed by atoms with Crippen molar-refractivity contribution in [2.24, 2.45) is 4.99 Å². The van der Waals surface area contributed by atoms with Crippen LogP contribution in [0.15, 0.2) is 106 Å². The van der Waals surface area contributed by atoms with Crippen molar-refractivity contribution in [3.63, 3.8) is 0 Å². The van der Waals surface area contributed by atoms with Gasteiger partial charge in [-0.2, -0.15) is 0 Å². The number of allylic oxidation sites excluding steroid dienone is 1. The predicted octanol–water partition coefficient (Wildman–Crippen LogP) is 5.80. The van der Waals surface area contributed by atoms with Crippen LogP contribution in [0.1, 0.15) is 29.7 Å². The van der Waals surface area contributed by atoms with Crippen LogP contribution in [0.2, 0.25) is 5.02 Å². The molecule has 1 aliphatic heterocycles. The molecule has 43 heavy (non-hydrogen) atoms. The fourth-order valence-electron chi connectivity index (χ4n) is 5.27. The summed E-state index contributed by atoms with van der Waals surface area (Å²) in [4.78, 5) is 31.8. The molecular formula is C34H27ClN2O5S. The maximum atomic E-state index is 13.8. The molecule has 0 saturated heterocycles. The average Bonchev–Trinajstić information content (AvgIpc) is 3.33. The number of methoxy groups -OCH3 is 2. The molecule has 2 heterocycles. The molecule has 0 bridgehead atoms. The number of aromatic nitrogens is 1. The highest BCUT2D eigenvalue weighted by atomic mass is 35.5. The van der Waals surface area contributed by atoms with E-state index in [-0.39, 0.29) is 5.56 Å². The molecule has 7 nitrogen and oxygen atoms in total. The number of hydrogen-bond donors (Lipinski definition) is 0. The molecule has 0 N–H and O–H groups in total. The second-order valence-corrected chi connectivity index (χ2v) is 11.4. The van der Waals surface area contributed by atoms with Crippen LogP contribution in [-0.4, -0.2) is 24.8 Å². The van der Waals surface area contributed by atoms with Crippen LogP contribution >= 0.6 is 22.9 Å². The summed E-state index contributed by atoms with van der Waals surface area (Å²) < 4.78 is 18.9.